The Kier molecular flexibility index (Phi) is 4.55. The van der Waals surface area contributed by atoms with Gasteiger partial charge in [-0.1, -0.05) is 44.2 Å². The van der Waals surface area contributed by atoms with Crippen molar-refractivity contribution in [1.82, 2.24) is 5.32 Å². The molecule has 108 valence electrons. The standard InChI is InChI=1S/C16H22N2O2/c1-12(2)10-20-15-14(19)18-16(3,11-17-15)9-13-7-5-4-6-8-13/h4-8,11-12,15H,9-10H2,1-3H3,(H,18,19)/t15-,16+/m0/s1. The van der Waals surface area contributed by atoms with Crippen molar-refractivity contribution in [1.29, 1.82) is 0 Å². The summed E-state index contributed by atoms with van der Waals surface area (Å²) in [5, 5.41) is 3.00. The quantitative estimate of drug-likeness (QED) is 0.894. The minimum atomic E-state index is -0.707. The third-order valence-corrected chi connectivity index (χ3v) is 3.13. The molecule has 4 heteroatoms. The number of hydrogen-bond donors (Lipinski definition) is 1. The highest BCUT2D eigenvalue weighted by Gasteiger charge is 2.33. The zero-order valence-electron chi connectivity index (χ0n) is 12.3. The van der Waals surface area contributed by atoms with E-state index in [1.165, 1.54) is 5.56 Å². The third-order valence-electron chi connectivity index (χ3n) is 3.13. The summed E-state index contributed by atoms with van der Waals surface area (Å²) < 4.78 is 5.49. The summed E-state index contributed by atoms with van der Waals surface area (Å²) in [6.07, 6.45) is 1.81. The van der Waals surface area contributed by atoms with Crippen LogP contribution in [0.4, 0.5) is 0 Å². The molecule has 20 heavy (non-hydrogen) atoms. The summed E-state index contributed by atoms with van der Waals surface area (Å²) in [6, 6.07) is 10.1. The molecule has 0 fully saturated rings. The van der Waals surface area contributed by atoms with E-state index in [-0.39, 0.29) is 5.91 Å². The van der Waals surface area contributed by atoms with Crippen LogP contribution in [0.5, 0.6) is 0 Å². The summed E-state index contributed by atoms with van der Waals surface area (Å²) in [6.45, 7) is 6.60. The number of amides is 1. The van der Waals surface area contributed by atoms with Gasteiger partial charge in [0.05, 0.1) is 12.1 Å². The predicted octanol–water partition coefficient (Wildman–Crippen LogP) is 2.19. The van der Waals surface area contributed by atoms with E-state index in [2.05, 4.69) is 10.3 Å². The number of aliphatic imine (C=N–C) groups is 1. The van der Waals surface area contributed by atoms with Crippen LogP contribution in [0.2, 0.25) is 0 Å². The topological polar surface area (TPSA) is 50.7 Å². The first-order valence-electron chi connectivity index (χ1n) is 7.00. The largest absolute Gasteiger partial charge is 0.348 e. The molecular formula is C16H22N2O2. The van der Waals surface area contributed by atoms with E-state index in [0.717, 1.165) is 6.42 Å². The molecule has 0 spiro atoms. The molecule has 1 heterocycles. The molecule has 0 bridgehead atoms. The van der Waals surface area contributed by atoms with E-state index < -0.39 is 11.8 Å². The molecule has 4 nitrogen and oxygen atoms in total. The van der Waals surface area contributed by atoms with Crippen LogP contribution in [0.25, 0.3) is 0 Å². The first kappa shape index (κ1) is 14.7. The van der Waals surface area contributed by atoms with E-state index in [4.69, 9.17) is 4.74 Å². The highest BCUT2D eigenvalue weighted by Crippen LogP contribution is 2.16. The number of ether oxygens (including phenoxy) is 1. The number of rotatable bonds is 5. The van der Waals surface area contributed by atoms with Crippen molar-refractivity contribution in [2.75, 3.05) is 6.61 Å². The van der Waals surface area contributed by atoms with Gasteiger partial charge in [0.15, 0.2) is 0 Å². The van der Waals surface area contributed by atoms with E-state index in [1.54, 1.807) is 6.21 Å². The third kappa shape index (κ3) is 3.90. The number of carbonyl (C=O) groups is 1. The number of nitrogens with zero attached hydrogens (tertiary/aromatic N) is 1. The van der Waals surface area contributed by atoms with Crippen LogP contribution in [0.1, 0.15) is 26.3 Å². The fraction of sp³-hybridized carbons (Fsp3) is 0.500. The average Bonchev–Trinajstić information content (AvgIpc) is 2.38. The Hall–Kier alpha value is -1.68. The Morgan fingerprint density at radius 3 is 2.65 bits per heavy atom. The zero-order valence-corrected chi connectivity index (χ0v) is 12.3. The van der Waals surface area contributed by atoms with Crippen LogP contribution >= 0.6 is 0 Å². The smallest absolute Gasteiger partial charge is 0.272 e. The first-order chi connectivity index (χ1) is 9.48. The van der Waals surface area contributed by atoms with Crippen LogP contribution in [0.15, 0.2) is 35.3 Å². The molecule has 0 unspecified atom stereocenters. The van der Waals surface area contributed by atoms with E-state index in [0.29, 0.717) is 12.5 Å². The van der Waals surface area contributed by atoms with Gasteiger partial charge < -0.3 is 10.1 Å². The van der Waals surface area contributed by atoms with Gasteiger partial charge in [-0.3, -0.25) is 9.79 Å². The van der Waals surface area contributed by atoms with E-state index in [9.17, 15) is 4.79 Å². The molecule has 1 aromatic rings. The molecule has 1 amide bonds. The summed E-state index contributed by atoms with van der Waals surface area (Å²) in [4.78, 5) is 16.3. The van der Waals surface area contributed by atoms with E-state index in [1.807, 2.05) is 51.1 Å². The lowest BCUT2D eigenvalue weighted by Crippen LogP contribution is -2.56. The summed E-state index contributed by atoms with van der Waals surface area (Å²) >= 11 is 0. The van der Waals surface area contributed by atoms with Gasteiger partial charge in [-0.25, -0.2) is 0 Å². The van der Waals surface area contributed by atoms with Crippen molar-refractivity contribution in [3.8, 4) is 0 Å². The van der Waals surface area contributed by atoms with Crippen molar-refractivity contribution in [2.45, 2.75) is 39.0 Å². The average molecular weight is 274 g/mol. The number of carbonyl (C=O) groups excluding carboxylic acids is 1. The number of hydrogen-bond acceptors (Lipinski definition) is 3. The second-order valence-corrected chi connectivity index (χ2v) is 5.93. The maximum atomic E-state index is 12.1. The van der Waals surface area contributed by atoms with Gasteiger partial charge >= 0.3 is 0 Å². The van der Waals surface area contributed by atoms with E-state index >= 15 is 0 Å². The Morgan fingerprint density at radius 1 is 1.35 bits per heavy atom. The Balaban J connectivity index is 2.01. The maximum Gasteiger partial charge on any atom is 0.272 e. The lowest BCUT2D eigenvalue weighted by molar-refractivity contribution is -0.135. The SMILES string of the molecule is CC(C)CO[C@@H]1N=C[C@@](C)(Cc2ccccc2)NC1=O. The molecule has 1 aliphatic rings. The molecular weight excluding hydrogens is 252 g/mol. The van der Waals surface area contributed by atoms with Gasteiger partial charge in [-0.15, -0.1) is 0 Å². The monoisotopic (exact) mass is 274 g/mol. The van der Waals surface area contributed by atoms with Crippen molar-refractivity contribution >= 4 is 12.1 Å². The molecule has 0 saturated heterocycles. The highest BCUT2D eigenvalue weighted by atomic mass is 16.5. The first-order valence-corrected chi connectivity index (χ1v) is 7.00. The lowest BCUT2D eigenvalue weighted by Gasteiger charge is -2.32. The van der Waals surface area contributed by atoms with Crippen LogP contribution in [-0.4, -0.2) is 30.5 Å². The number of benzene rings is 1. The van der Waals surface area contributed by atoms with Crippen molar-refractivity contribution < 1.29 is 9.53 Å². The predicted molar refractivity (Wildman–Crippen MR) is 79.8 cm³/mol. The zero-order chi connectivity index (χ0) is 14.6. The maximum absolute atomic E-state index is 12.1. The molecule has 0 saturated carbocycles. The molecule has 2 atom stereocenters. The second-order valence-electron chi connectivity index (χ2n) is 5.93. The van der Waals surface area contributed by atoms with Gasteiger partial charge in [0.2, 0.25) is 6.23 Å². The van der Waals surface area contributed by atoms with Crippen LogP contribution in [0.3, 0.4) is 0 Å². The molecule has 0 radical (unpaired) electrons. The second kappa shape index (κ2) is 6.18. The summed E-state index contributed by atoms with van der Waals surface area (Å²) in [5.41, 5.74) is 0.721. The van der Waals surface area contributed by atoms with Crippen molar-refractivity contribution in [2.24, 2.45) is 10.9 Å². The molecule has 1 aromatic carbocycles. The van der Waals surface area contributed by atoms with Gasteiger partial charge in [-0.05, 0) is 18.4 Å². The van der Waals surface area contributed by atoms with Crippen LogP contribution in [0, 0.1) is 5.92 Å². The molecule has 0 aliphatic carbocycles. The highest BCUT2D eigenvalue weighted by molar-refractivity contribution is 5.90. The van der Waals surface area contributed by atoms with Gasteiger partial charge in [0.1, 0.15) is 0 Å². The van der Waals surface area contributed by atoms with Gasteiger partial charge in [-0.2, -0.15) is 0 Å². The van der Waals surface area contributed by atoms with Gasteiger partial charge in [0, 0.05) is 12.6 Å². The summed E-state index contributed by atoms with van der Waals surface area (Å²) in [5.74, 6) is 0.224. The Morgan fingerprint density at radius 2 is 2.05 bits per heavy atom. The number of nitrogens with one attached hydrogen (secondary N) is 1. The molecule has 1 aliphatic heterocycles. The molecule has 1 N–H and O–H groups in total. The van der Waals surface area contributed by atoms with Crippen molar-refractivity contribution in [3.63, 3.8) is 0 Å². The van der Waals surface area contributed by atoms with Crippen LogP contribution in [-0.2, 0) is 16.0 Å². The normalized spacial score (nSPS) is 25.8. The Bertz CT molecular complexity index is 485. The molecule has 0 aromatic heterocycles. The summed E-state index contributed by atoms with van der Waals surface area (Å²) in [7, 11) is 0. The fourth-order valence-corrected chi connectivity index (χ4v) is 2.19. The van der Waals surface area contributed by atoms with Crippen molar-refractivity contribution in [3.05, 3.63) is 35.9 Å². The minimum absolute atomic E-state index is 0.161. The minimum Gasteiger partial charge on any atom is -0.348 e. The fourth-order valence-electron chi connectivity index (χ4n) is 2.19. The van der Waals surface area contributed by atoms with Crippen LogP contribution < -0.4 is 5.32 Å². The lowest BCUT2D eigenvalue weighted by atomic mass is 9.93. The van der Waals surface area contributed by atoms with Gasteiger partial charge in [0.25, 0.3) is 5.91 Å². The molecule has 2 rings (SSSR count). The Labute approximate surface area is 120 Å².